The number of alkyl carbamates (subject to hydrolysis) is 1. The number of hydrogen-bond donors (Lipinski definition) is 1. The molecule has 2 rings (SSSR count). The SMILES string of the molecule is Cc1ccc(C(=O)CN2CCC(NC(=O)OC(C)(C)C)C2)cc1. The molecule has 0 radical (unpaired) electrons. The summed E-state index contributed by atoms with van der Waals surface area (Å²) in [5, 5.41) is 2.87. The fraction of sp³-hybridized carbons (Fsp3) is 0.556. The number of carbonyl (C=O) groups is 2. The molecule has 1 heterocycles. The number of likely N-dealkylation sites (tertiary alicyclic amines) is 1. The van der Waals surface area contributed by atoms with Crippen molar-refractivity contribution in [1.29, 1.82) is 0 Å². The summed E-state index contributed by atoms with van der Waals surface area (Å²) >= 11 is 0. The molecule has 1 aliphatic rings. The molecule has 23 heavy (non-hydrogen) atoms. The van der Waals surface area contributed by atoms with Gasteiger partial charge in [-0.25, -0.2) is 4.79 Å². The number of nitrogens with one attached hydrogen (secondary N) is 1. The minimum Gasteiger partial charge on any atom is -0.444 e. The highest BCUT2D eigenvalue weighted by molar-refractivity contribution is 5.97. The molecule has 126 valence electrons. The Balaban J connectivity index is 1.80. The number of hydrogen-bond acceptors (Lipinski definition) is 4. The van der Waals surface area contributed by atoms with Crippen molar-refractivity contribution in [2.45, 2.75) is 45.8 Å². The summed E-state index contributed by atoms with van der Waals surface area (Å²) in [6, 6.07) is 7.67. The summed E-state index contributed by atoms with van der Waals surface area (Å²) in [4.78, 5) is 26.1. The Morgan fingerprint density at radius 2 is 1.91 bits per heavy atom. The number of ketones is 1. The average molecular weight is 318 g/mol. The molecule has 1 N–H and O–H groups in total. The second kappa shape index (κ2) is 7.13. The lowest BCUT2D eigenvalue weighted by molar-refractivity contribution is 0.0506. The lowest BCUT2D eigenvalue weighted by Gasteiger charge is -2.22. The van der Waals surface area contributed by atoms with E-state index in [0.717, 1.165) is 24.1 Å². The van der Waals surface area contributed by atoms with Crippen molar-refractivity contribution in [2.75, 3.05) is 19.6 Å². The van der Waals surface area contributed by atoms with Crippen molar-refractivity contribution < 1.29 is 14.3 Å². The summed E-state index contributed by atoms with van der Waals surface area (Å²) in [5.41, 5.74) is 1.38. The number of benzene rings is 1. The van der Waals surface area contributed by atoms with E-state index in [-0.39, 0.29) is 11.8 Å². The van der Waals surface area contributed by atoms with Crippen LogP contribution in [0.15, 0.2) is 24.3 Å². The summed E-state index contributed by atoms with van der Waals surface area (Å²) in [6.07, 6.45) is 0.440. The molecular weight excluding hydrogens is 292 g/mol. The van der Waals surface area contributed by atoms with E-state index < -0.39 is 11.7 Å². The zero-order valence-corrected chi connectivity index (χ0v) is 14.4. The first-order valence-electron chi connectivity index (χ1n) is 8.05. The van der Waals surface area contributed by atoms with Crippen molar-refractivity contribution in [3.8, 4) is 0 Å². The maximum absolute atomic E-state index is 12.3. The van der Waals surface area contributed by atoms with Crippen molar-refractivity contribution >= 4 is 11.9 Å². The summed E-state index contributed by atoms with van der Waals surface area (Å²) < 4.78 is 5.26. The van der Waals surface area contributed by atoms with Gasteiger partial charge in [0.25, 0.3) is 0 Å². The minimum absolute atomic E-state index is 0.0377. The molecule has 0 aromatic heterocycles. The van der Waals surface area contributed by atoms with Crippen LogP contribution in [-0.2, 0) is 4.74 Å². The summed E-state index contributed by atoms with van der Waals surface area (Å²) in [6.45, 7) is 9.39. The van der Waals surface area contributed by atoms with E-state index in [9.17, 15) is 9.59 Å². The van der Waals surface area contributed by atoms with E-state index in [1.165, 1.54) is 0 Å². The van der Waals surface area contributed by atoms with Gasteiger partial charge in [0.2, 0.25) is 0 Å². The first-order chi connectivity index (χ1) is 10.7. The number of amides is 1. The molecule has 1 atom stereocenters. The monoisotopic (exact) mass is 318 g/mol. The van der Waals surface area contributed by atoms with Crippen LogP contribution >= 0.6 is 0 Å². The predicted molar refractivity (Wildman–Crippen MR) is 89.7 cm³/mol. The van der Waals surface area contributed by atoms with E-state index in [1.54, 1.807) is 0 Å². The number of aryl methyl sites for hydroxylation is 1. The molecule has 0 aliphatic carbocycles. The van der Waals surface area contributed by atoms with Gasteiger partial charge in [-0.3, -0.25) is 9.69 Å². The summed E-state index contributed by atoms with van der Waals surface area (Å²) in [5.74, 6) is 0.114. The minimum atomic E-state index is -0.496. The van der Waals surface area contributed by atoms with Crippen LogP contribution < -0.4 is 5.32 Å². The summed E-state index contributed by atoms with van der Waals surface area (Å²) in [7, 11) is 0. The third-order valence-corrected chi connectivity index (χ3v) is 3.73. The predicted octanol–water partition coefficient (Wildman–Crippen LogP) is 2.78. The largest absolute Gasteiger partial charge is 0.444 e. The zero-order valence-electron chi connectivity index (χ0n) is 14.4. The van der Waals surface area contributed by atoms with Crippen LogP contribution in [0.3, 0.4) is 0 Å². The third-order valence-electron chi connectivity index (χ3n) is 3.73. The van der Waals surface area contributed by atoms with Crippen molar-refractivity contribution in [3.05, 3.63) is 35.4 Å². The molecule has 5 nitrogen and oxygen atoms in total. The fourth-order valence-electron chi connectivity index (χ4n) is 2.60. The molecule has 1 unspecified atom stereocenters. The Morgan fingerprint density at radius 3 is 2.52 bits per heavy atom. The first-order valence-corrected chi connectivity index (χ1v) is 8.05. The Kier molecular flexibility index (Phi) is 5.42. The molecule has 1 aromatic carbocycles. The molecule has 0 spiro atoms. The van der Waals surface area contributed by atoms with Crippen LogP contribution in [0.5, 0.6) is 0 Å². The number of Topliss-reactive ketones (excluding diaryl/α,β-unsaturated/α-hetero) is 1. The normalized spacial score (nSPS) is 18.7. The molecule has 1 fully saturated rings. The van der Waals surface area contributed by atoms with E-state index in [0.29, 0.717) is 13.1 Å². The topological polar surface area (TPSA) is 58.6 Å². The van der Waals surface area contributed by atoms with Crippen LogP contribution in [0.25, 0.3) is 0 Å². The Morgan fingerprint density at radius 1 is 1.26 bits per heavy atom. The Hall–Kier alpha value is -1.88. The van der Waals surface area contributed by atoms with Gasteiger partial charge in [-0.05, 0) is 34.1 Å². The van der Waals surface area contributed by atoms with Gasteiger partial charge >= 0.3 is 6.09 Å². The van der Waals surface area contributed by atoms with E-state index in [2.05, 4.69) is 10.2 Å². The van der Waals surface area contributed by atoms with Crippen LogP contribution in [0, 0.1) is 6.92 Å². The van der Waals surface area contributed by atoms with Crippen LogP contribution in [-0.4, -0.2) is 48.1 Å². The van der Waals surface area contributed by atoms with Crippen molar-refractivity contribution in [2.24, 2.45) is 0 Å². The van der Waals surface area contributed by atoms with E-state index in [1.807, 2.05) is 52.0 Å². The molecule has 1 saturated heterocycles. The van der Waals surface area contributed by atoms with Crippen molar-refractivity contribution in [3.63, 3.8) is 0 Å². The molecule has 1 aliphatic heterocycles. The highest BCUT2D eigenvalue weighted by Crippen LogP contribution is 2.13. The number of ether oxygens (including phenoxy) is 1. The molecule has 0 bridgehead atoms. The average Bonchev–Trinajstić information content (AvgIpc) is 2.84. The van der Waals surface area contributed by atoms with Crippen molar-refractivity contribution in [1.82, 2.24) is 10.2 Å². The fourth-order valence-corrected chi connectivity index (χ4v) is 2.60. The first kappa shape index (κ1) is 17.5. The number of rotatable bonds is 4. The highest BCUT2D eigenvalue weighted by atomic mass is 16.6. The van der Waals surface area contributed by atoms with Gasteiger partial charge in [0, 0.05) is 24.7 Å². The van der Waals surface area contributed by atoms with Crippen LogP contribution in [0.1, 0.15) is 43.1 Å². The molecule has 0 saturated carbocycles. The van der Waals surface area contributed by atoms with Gasteiger partial charge in [-0.2, -0.15) is 0 Å². The van der Waals surface area contributed by atoms with Gasteiger partial charge in [0.1, 0.15) is 5.60 Å². The van der Waals surface area contributed by atoms with E-state index >= 15 is 0 Å². The standard InChI is InChI=1S/C18H26N2O3/c1-13-5-7-14(8-6-13)16(21)12-20-10-9-15(11-20)19-17(22)23-18(2,3)4/h5-8,15H,9-12H2,1-4H3,(H,19,22). The van der Waals surface area contributed by atoms with Gasteiger partial charge in [-0.15, -0.1) is 0 Å². The second-order valence-electron chi connectivity index (χ2n) is 7.16. The Bertz CT molecular complexity index is 561. The lowest BCUT2D eigenvalue weighted by atomic mass is 10.1. The lowest BCUT2D eigenvalue weighted by Crippen LogP contribution is -2.41. The maximum atomic E-state index is 12.3. The highest BCUT2D eigenvalue weighted by Gasteiger charge is 2.27. The van der Waals surface area contributed by atoms with Gasteiger partial charge in [-0.1, -0.05) is 29.8 Å². The number of carbonyl (C=O) groups excluding carboxylic acids is 2. The van der Waals surface area contributed by atoms with Gasteiger partial charge in [0.05, 0.1) is 6.54 Å². The second-order valence-corrected chi connectivity index (χ2v) is 7.16. The quantitative estimate of drug-likeness (QED) is 0.867. The third kappa shape index (κ3) is 5.67. The van der Waals surface area contributed by atoms with Gasteiger partial charge < -0.3 is 10.1 Å². The van der Waals surface area contributed by atoms with Crippen LogP contribution in [0.4, 0.5) is 4.79 Å². The zero-order chi connectivity index (χ0) is 17.0. The molecule has 1 amide bonds. The Labute approximate surface area is 138 Å². The number of nitrogens with zero attached hydrogens (tertiary/aromatic N) is 1. The maximum Gasteiger partial charge on any atom is 0.407 e. The molecule has 1 aromatic rings. The van der Waals surface area contributed by atoms with Crippen LogP contribution in [0.2, 0.25) is 0 Å². The molecular formula is C18H26N2O3. The molecule has 5 heteroatoms. The van der Waals surface area contributed by atoms with E-state index in [4.69, 9.17) is 4.74 Å². The smallest absolute Gasteiger partial charge is 0.407 e. The van der Waals surface area contributed by atoms with Gasteiger partial charge in [0.15, 0.2) is 5.78 Å².